The van der Waals surface area contributed by atoms with Crippen LogP contribution < -0.4 is 10.6 Å². The summed E-state index contributed by atoms with van der Waals surface area (Å²) < 4.78 is 5.54. The van der Waals surface area contributed by atoms with E-state index in [1.165, 1.54) is 0 Å². The van der Waals surface area contributed by atoms with Crippen LogP contribution in [0.4, 0.5) is 4.79 Å². The molecule has 0 fully saturated rings. The first-order chi connectivity index (χ1) is 16.3. The third kappa shape index (κ3) is 6.02. The van der Waals surface area contributed by atoms with Gasteiger partial charge in [0.2, 0.25) is 5.91 Å². The van der Waals surface area contributed by atoms with E-state index in [1.807, 2.05) is 36.4 Å². The monoisotopic (exact) mass is 465 g/mol. The molecule has 0 bridgehead atoms. The number of ether oxygens (including phenoxy) is 1. The number of allylic oxidation sites excluding steroid dienone is 1. The highest BCUT2D eigenvalue weighted by atomic mass is 16.5. The number of nitrogens with zero attached hydrogens (tertiary/aromatic N) is 1. The molecule has 0 aliphatic heterocycles. The molecule has 180 valence electrons. The molecule has 0 aromatic heterocycles. The molecule has 1 aliphatic carbocycles. The Hall–Kier alpha value is -3.65. The molecule has 0 saturated carbocycles. The van der Waals surface area contributed by atoms with E-state index in [9.17, 15) is 19.5 Å². The summed E-state index contributed by atoms with van der Waals surface area (Å²) in [6.07, 6.45) is 1.64. The predicted octanol–water partition coefficient (Wildman–Crippen LogP) is 2.99. The lowest BCUT2D eigenvalue weighted by molar-refractivity contribution is -0.142. The van der Waals surface area contributed by atoms with Crippen LogP contribution in [0, 0.1) is 0 Å². The van der Waals surface area contributed by atoms with Crippen molar-refractivity contribution >= 4 is 18.0 Å². The number of amides is 2. The Morgan fingerprint density at radius 1 is 1.03 bits per heavy atom. The van der Waals surface area contributed by atoms with Crippen molar-refractivity contribution in [3.05, 3.63) is 72.3 Å². The molecule has 3 rings (SSSR count). The van der Waals surface area contributed by atoms with Crippen LogP contribution >= 0.6 is 0 Å². The lowest BCUT2D eigenvalue weighted by Crippen LogP contribution is -2.54. The quantitative estimate of drug-likeness (QED) is 0.441. The average molecular weight is 466 g/mol. The standard InChI is InChI=1S/C26H31N3O5/c1-4-5-14-22(24(30)27-23(25(31)32)15-29(2)3)28-26(33)34-16-21-19-12-8-6-10-17(19)18-11-7-9-13-20(18)21/h4,6-13,21-23H,1,5,14-16H2,2-3H3,(H,27,30)(H,28,33)(H,31,32)/t22?,23-/m0/s1. The fourth-order valence-electron chi connectivity index (χ4n) is 4.16. The molecule has 0 radical (unpaired) electrons. The molecular formula is C26H31N3O5. The highest BCUT2D eigenvalue weighted by Gasteiger charge is 2.30. The minimum absolute atomic E-state index is 0.102. The number of rotatable bonds is 11. The largest absolute Gasteiger partial charge is 0.480 e. The van der Waals surface area contributed by atoms with Crippen molar-refractivity contribution in [2.24, 2.45) is 0 Å². The molecule has 2 amide bonds. The Morgan fingerprint density at radius 2 is 1.62 bits per heavy atom. The molecule has 34 heavy (non-hydrogen) atoms. The van der Waals surface area contributed by atoms with Gasteiger partial charge in [-0.25, -0.2) is 9.59 Å². The van der Waals surface area contributed by atoms with Crippen molar-refractivity contribution in [1.82, 2.24) is 15.5 Å². The summed E-state index contributed by atoms with van der Waals surface area (Å²) in [7, 11) is 3.43. The summed E-state index contributed by atoms with van der Waals surface area (Å²) in [5, 5.41) is 14.5. The van der Waals surface area contributed by atoms with Gasteiger partial charge in [0.1, 0.15) is 18.7 Å². The van der Waals surface area contributed by atoms with Crippen LogP contribution in [-0.4, -0.2) is 67.3 Å². The first-order valence-electron chi connectivity index (χ1n) is 11.2. The SMILES string of the molecule is C=CCCC(NC(=O)OCC1c2ccccc2-c2ccccc21)C(=O)N[C@@H](CN(C)C)C(=O)O. The number of carbonyl (C=O) groups excluding carboxylic acids is 2. The Morgan fingerprint density at radius 3 is 2.15 bits per heavy atom. The fourth-order valence-corrected chi connectivity index (χ4v) is 4.16. The van der Waals surface area contributed by atoms with Gasteiger partial charge in [-0.3, -0.25) is 4.79 Å². The van der Waals surface area contributed by atoms with Crippen LogP contribution in [0.2, 0.25) is 0 Å². The van der Waals surface area contributed by atoms with Crippen molar-refractivity contribution < 1.29 is 24.2 Å². The fraction of sp³-hybridized carbons (Fsp3) is 0.346. The van der Waals surface area contributed by atoms with Gasteiger partial charge in [-0.05, 0) is 49.2 Å². The van der Waals surface area contributed by atoms with Gasteiger partial charge in [-0.2, -0.15) is 0 Å². The number of hydrogen-bond acceptors (Lipinski definition) is 5. The molecule has 0 saturated heterocycles. The summed E-state index contributed by atoms with van der Waals surface area (Å²) in [5.74, 6) is -1.83. The minimum Gasteiger partial charge on any atom is -0.480 e. The van der Waals surface area contributed by atoms with Crippen molar-refractivity contribution in [1.29, 1.82) is 0 Å². The van der Waals surface area contributed by atoms with E-state index >= 15 is 0 Å². The number of carboxylic acids is 1. The van der Waals surface area contributed by atoms with Crippen LogP contribution in [0.1, 0.15) is 29.9 Å². The highest BCUT2D eigenvalue weighted by Crippen LogP contribution is 2.44. The third-order valence-electron chi connectivity index (χ3n) is 5.77. The van der Waals surface area contributed by atoms with E-state index in [2.05, 4.69) is 29.3 Å². The minimum atomic E-state index is -1.15. The number of nitrogens with one attached hydrogen (secondary N) is 2. The summed E-state index contributed by atoms with van der Waals surface area (Å²) in [4.78, 5) is 38.6. The summed E-state index contributed by atoms with van der Waals surface area (Å²) >= 11 is 0. The molecule has 8 nitrogen and oxygen atoms in total. The van der Waals surface area contributed by atoms with Crippen LogP contribution in [0.5, 0.6) is 0 Å². The zero-order chi connectivity index (χ0) is 24.7. The average Bonchev–Trinajstić information content (AvgIpc) is 3.13. The summed E-state index contributed by atoms with van der Waals surface area (Å²) in [5.41, 5.74) is 4.42. The van der Waals surface area contributed by atoms with E-state index in [-0.39, 0.29) is 25.5 Å². The molecule has 2 atom stereocenters. The number of fused-ring (bicyclic) bond motifs is 3. The van der Waals surface area contributed by atoms with E-state index in [0.29, 0.717) is 6.42 Å². The Kier molecular flexibility index (Phi) is 8.43. The lowest BCUT2D eigenvalue weighted by atomic mass is 9.98. The second-order valence-electron chi connectivity index (χ2n) is 8.55. The van der Waals surface area contributed by atoms with E-state index in [0.717, 1.165) is 22.3 Å². The number of benzene rings is 2. The zero-order valence-corrected chi connectivity index (χ0v) is 19.5. The second-order valence-corrected chi connectivity index (χ2v) is 8.55. The van der Waals surface area contributed by atoms with E-state index in [1.54, 1.807) is 25.1 Å². The molecule has 1 aliphatic rings. The van der Waals surface area contributed by atoms with Gasteiger partial charge in [0.15, 0.2) is 0 Å². The summed E-state index contributed by atoms with van der Waals surface area (Å²) in [6, 6.07) is 14.0. The Labute approximate surface area is 199 Å². The first kappa shape index (κ1) is 25.0. The zero-order valence-electron chi connectivity index (χ0n) is 19.5. The number of alkyl carbamates (subject to hydrolysis) is 1. The maximum atomic E-state index is 12.8. The van der Waals surface area contributed by atoms with Crippen molar-refractivity contribution in [3.63, 3.8) is 0 Å². The molecule has 3 N–H and O–H groups in total. The van der Waals surface area contributed by atoms with Crippen molar-refractivity contribution in [3.8, 4) is 11.1 Å². The van der Waals surface area contributed by atoms with Crippen LogP contribution in [0.15, 0.2) is 61.2 Å². The number of aliphatic carboxylic acids is 1. The number of hydrogen-bond donors (Lipinski definition) is 3. The lowest BCUT2D eigenvalue weighted by Gasteiger charge is -2.23. The van der Waals surface area contributed by atoms with Gasteiger partial charge in [0, 0.05) is 12.5 Å². The molecule has 2 aromatic rings. The highest BCUT2D eigenvalue weighted by molar-refractivity contribution is 5.89. The first-order valence-corrected chi connectivity index (χ1v) is 11.2. The predicted molar refractivity (Wildman–Crippen MR) is 130 cm³/mol. The van der Waals surface area contributed by atoms with Crippen LogP contribution in [0.3, 0.4) is 0 Å². The maximum Gasteiger partial charge on any atom is 0.407 e. The topological polar surface area (TPSA) is 108 Å². The molecule has 0 spiro atoms. The number of carboxylic acid groups (broad SMARTS) is 1. The van der Waals surface area contributed by atoms with Gasteiger partial charge in [0.05, 0.1) is 0 Å². The normalized spacial score (nSPS) is 14.0. The van der Waals surface area contributed by atoms with Crippen LogP contribution in [-0.2, 0) is 14.3 Å². The Balaban J connectivity index is 1.65. The molecule has 8 heteroatoms. The van der Waals surface area contributed by atoms with Crippen molar-refractivity contribution in [2.45, 2.75) is 30.8 Å². The second kappa shape index (κ2) is 11.5. The maximum absolute atomic E-state index is 12.8. The van der Waals surface area contributed by atoms with E-state index in [4.69, 9.17) is 4.74 Å². The smallest absolute Gasteiger partial charge is 0.407 e. The van der Waals surface area contributed by atoms with Crippen molar-refractivity contribution in [2.75, 3.05) is 27.2 Å². The van der Waals surface area contributed by atoms with Gasteiger partial charge in [-0.15, -0.1) is 6.58 Å². The molecule has 0 heterocycles. The van der Waals surface area contributed by atoms with E-state index < -0.39 is 30.1 Å². The Bertz CT molecular complexity index is 1010. The summed E-state index contributed by atoms with van der Waals surface area (Å²) in [6.45, 7) is 3.90. The molecule has 1 unspecified atom stereocenters. The van der Waals surface area contributed by atoms with Gasteiger partial charge in [-0.1, -0.05) is 54.6 Å². The number of carbonyl (C=O) groups is 3. The van der Waals surface area contributed by atoms with Crippen LogP contribution in [0.25, 0.3) is 11.1 Å². The number of likely N-dealkylation sites (N-methyl/N-ethyl adjacent to an activating group) is 1. The molecular weight excluding hydrogens is 434 g/mol. The molecule has 2 aromatic carbocycles. The van der Waals surface area contributed by atoms with Gasteiger partial charge in [0.25, 0.3) is 0 Å². The van der Waals surface area contributed by atoms with Gasteiger partial charge >= 0.3 is 12.1 Å². The van der Waals surface area contributed by atoms with Gasteiger partial charge < -0.3 is 25.4 Å². The third-order valence-corrected chi connectivity index (χ3v) is 5.77.